The highest BCUT2D eigenvalue weighted by molar-refractivity contribution is 6.34. The van der Waals surface area contributed by atoms with Gasteiger partial charge in [-0.15, -0.1) is 0 Å². The first kappa shape index (κ1) is 19.2. The smallest absolute Gasteiger partial charge is 0.255 e. The predicted octanol–water partition coefficient (Wildman–Crippen LogP) is 6.91. The van der Waals surface area contributed by atoms with Crippen LogP contribution in [0.15, 0.2) is 71.1 Å². The molecule has 0 aliphatic heterocycles. The first-order valence-electron chi connectivity index (χ1n) is 9.62. The van der Waals surface area contributed by atoms with Crippen LogP contribution in [0.25, 0.3) is 22.6 Å². The van der Waals surface area contributed by atoms with Crippen LogP contribution < -0.4 is 5.32 Å². The van der Waals surface area contributed by atoms with E-state index in [0.717, 1.165) is 23.1 Å². The Morgan fingerprint density at radius 1 is 1.10 bits per heavy atom. The van der Waals surface area contributed by atoms with Gasteiger partial charge < -0.3 is 9.73 Å². The fourth-order valence-electron chi connectivity index (χ4n) is 3.15. The van der Waals surface area contributed by atoms with Gasteiger partial charge >= 0.3 is 0 Å². The molecule has 146 valence electrons. The van der Waals surface area contributed by atoms with E-state index >= 15 is 0 Å². The number of fused-ring (bicyclic) bond motifs is 1. The number of nitrogens with zero attached hydrogens (tertiary/aromatic N) is 1. The summed E-state index contributed by atoms with van der Waals surface area (Å²) in [5, 5.41) is 3.31. The maximum atomic E-state index is 12.5. The van der Waals surface area contributed by atoms with Gasteiger partial charge in [0.1, 0.15) is 5.52 Å². The molecular formula is C24H21ClN2O2. The quantitative estimate of drug-likeness (QED) is 0.393. The molecule has 0 saturated heterocycles. The zero-order valence-corrected chi connectivity index (χ0v) is 17.0. The summed E-state index contributed by atoms with van der Waals surface area (Å²) < 4.78 is 5.94. The second-order valence-corrected chi connectivity index (χ2v) is 7.48. The van der Waals surface area contributed by atoms with Crippen LogP contribution in [0.5, 0.6) is 0 Å². The number of oxazole rings is 1. The summed E-state index contributed by atoms with van der Waals surface area (Å²) in [5.41, 5.74) is 4.62. The summed E-state index contributed by atoms with van der Waals surface area (Å²) in [7, 11) is 0. The number of carbonyl (C=O) groups is 1. The Bertz CT molecular complexity index is 1170. The number of hydrogen-bond acceptors (Lipinski definition) is 3. The number of anilines is 1. The van der Waals surface area contributed by atoms with Crippen molar-refractivity contribution in [2.75, 3.05) is 5.32 Å². The molecule has 0 unspecified atom stereocenters. The lowest BCUT2D eigenvalue weighted by Crippen LogP contribution is -2.12. The fourth-order valence-corrected chi connectivity index (χ4v) is 3.31. The SMILES string of the molecule is CC[C@@H](C)c1ccc2oc(-c3ccc(Cl)c(NC(=O)c4ccccc4)c3)nc2c1. The maximum Gasteiger partial charge on any atom is 0.255 e. The fraction of sp³-hybridized carbons (Fsp3) is 0.167. The number of hydrogen-bond donors (Lipinski definition) is 1. The minimum Gasteiger partial charge on any atom is -0.436 e. The van der Waals surface area contributed by atoms with Crippen molar-refractivity contribution in [3.63, 3.8) is 0 Å². The Morgan fingerprint density at radius 3 is 2.66 bits per heavy atom. The lowest BCUT2D eigenvalue weighted by atomic mass is 9.98. The molecule has 4 nitrogen and oxygen atoms in total. The Hall–Kier alpha value is -3.11. The molecule has 1 N–H and O–H groups in total. The van der Waals surface area contributed by atoms with Crippen molar-refractivity contribution in [1.82, 2.24) is 4.98 Å². The third-order valence-electron chi connectivity index (χ3n) is 5.09. The predicted molar refractivity (Wildman–Crippen MR) is 118 cm³/mol. The molecule has 0 fully saturated rings. The van der Waals surface area contributed by atoms with Crippen LogP contribution in [-0.4, -0.2) is 10.9 Å². The number of aromatic nitrogens is 1. The Kier molecular flexibility index (Phi) is 5.36. The van der Waals surface area contributed by atoms with Crippen LogP contribution in [0.2, 0.25) is 5.02 Å². The van der Waals surface area contributed by atoms with Crippen LogP contribution in [0.1, 0.15) is 42.1 Å². The molecule has 0 spiro atoms. The van der Waals surface area contributed by atoms with Gasteiger partial charge in [-0.25, -0.2) is 4.98 Å². The van der Waals surface area contributed by atoms with Crippen molar-refractivity contribution in [2.45, 2.75) is 26.2 Å². The Labute approximate surface area is 174 Å². The molecule has 5 heteroatoms. The Balaban J connectivity index is 1.65. The monoisotopic (exact) mass is 404 g/mol. The third-order valence-corrected chi connectivity index (χ3v) is 5.42. The molecule has 1 atom stereocenters. The van der Waals surface area contributed by atoms with Gasteiger partial charge in [-0.2, -0.15) is 0 Å². The molecule has 0 bridgehead atoms. The van der Waals surface area contributed by atoms with E-state index in [9.17, 15) is 4.79 Å². The highest BCUT2D eigenvalue weighted by atomic mass is 35.5. The number of rotatable bonds is 5. The minimum atomic E-state index is -0.222. The van der Waals surface area contributed by atoms with Crippen LogP contribution in [0.4, 0.5) is 5.69 Å². The molecule has 3 aromatic carbocycles. The first-order valence-corrected chi connectivity index (χ1v) is 9.99. The number of nitrogens with one attached hydrogen (secondary N) is 1. The molecule has 0 radical (unpaired) electrons. The van der Waals surface area contributed by atoms with Crippen LogP contribution in [0, 0.1) is 0 Å². The summed E-state index contributed by atoms with van der Waals surface area (Å²) in [4.78, 5) is 17.1. The molecule has 1 amide bonds. The molecule has 0 aliphatic carbocycles. The normalized spacial score (nSPS) is 12.1. The topological polar surface area (TPSA) is 55.1 Å². The summed E-state index contributed by atoms with van der Waals surface area (Å²) in [6.07, 6.45) is 1.07. The molecule has 29 heavy (non-hydrogen) atoms. The zero-order valence-electron chi connectivity index (χ0n) is 16.3. The van der Waals surface area contributed by atoms with Crippen molar-refractivity contribution in [3.05, 3.63) is 82.9 Å². The van der Waals surface area contributed by atoms with Gasteiger partial charge in [0.05, 0.1) is 10.7 Å². The van der Waals surface area contributed by atoms with Gasteiger partial charge in [-0.3, -0.25) is 4.79 Å². The number of amides is 1. The summed E-state index contributed by atoms with van der Waals surface area (Å²) in [6.45, 7) is 4.37. The average molecular weight is 405 g/mol. The summed E-state index contributed by atoms with van der Waals surface area (Å²) in [6, 6.07) is 20.5. The molecule has 0 saturated carbocycles. The molecule has 1 aromatic heterocycles. The largest absolute Gasteiger partial charge is 0.436 e. The highest BCUT2D eigenvalue weighted by Crippen LogP contribution is 2.32. The van der Waals surface area contributed by atoms with Crippen LogP contribution in [0.3, 0.4) is 0 Å². The summed E-state index contributed by atoms with van der Waals surface area (Å²) >= 11 is 6.30. The van der Waals surface area contributed by atoms with Gasteiger partial charge in [0.2, 0.25) is 5.89 Å². The van der Waals surface area contributed by atoms with Gasteiger partial charge in [0.25, 0.3) is 5.91 Å². The van der Waals surface area contributed by atoms with Crippen molar-refractivity contribution in [2.24, 2.45) is 0 Å². The second kappa shape index (κ2) is 8.10. The van der Waals surface area contributed by atoms with E-state index in [1.807, 2.05) is 30.3 Å². The van der Waals surface area contributed by atoms with E-state index in [1.165, 1.54) is 5.56 Å². The van der Waals surface area contributed by atoms with Crippen LogP contribution >= 0.6 is 11.6 Å². The van der Waals surface area contributed by atoms with Crippen LogP contribution in [-0.2, 0) is 0 Å². The standard InChI is InChI=1S/C24H21ClN2O2/c1-3-15(2)17-10-12-22-21(13-17)27-24(29-22)18-9-11-19(25)20(14-18)26-23(28)16-7-5-4-6-8-16/h4-15H,3H2,1-2H3,(H,26,28)/t15-/m1/s1. The second-order valence-electron chi connectivity index (χ2n) is 7.07. The number of halogens is 1. The van der Waals surface area contributed by atoms with E-state index in [1.54, 1.807) is 24.3 Å². The first-order chi connectivity index (χ1) is 14.0. The molecular weight excluding hydrogens is 384 g/mol. The van der Waals surface area contributed by atoms with Crippen molar-refractivity contribution < 1.29 is 9.21 Å². The number of benzene rings is 3. The summed E-state index contributed by atoms with van der Waals surface area (Å²) in [5.74, 6) is 0.739. The van der Waals surface area contributed by atoms with E-state index in [0.29, 0.717) is 28.1 Å². The third kappa shape index (κ3) is 4.03. The lowest BCUT2D eigenvalue weighted by Gasteiger charge is -2.08. The Morgan fingerprint density at radius 2 is 1.90 bits per heavy atom. The highest BCUT2D eigenvalue weighted by Gasteiger charge is 2.14. The van der Waals surface area contributed by atoms with Crippen molar-refractivity contribution >= 4 is 34.3 Å². The molecule has 0 aliphatic rings. The van der Waals surface area contributed by atoms with E-state index in [4.69, 9.17) is 16.0 Å². The molecule has 4 aromatic rings. The van der Waals surface area contributed by atoms with Gasteiger partial charge in [-0.1, -0.05) is 49.7 Å². The average Bonchev–Trinajstić information content (AvgIpc) is 3.18. The van der Waals surface area contributed by atoms with E-state index < -0.39 is 0 Å². The number of carbonyl (C=O) groups excluding carboxylic acids is 1. The van der Waals surface area contributed by atoms with Gasteiger partial charge in [0, 0.05) is 11.1 Å². The minimum absolute atomic E-state index is 0.222. The molecule has 4 rings (SSSR count). The van der Waals surface area contributed by atoms with E-state index in [2.05, 4.69) is 36.3 Å². The van der Waals surface area contributed by atoms with Gasteiger partial charge in [-0.05, 0) is 60.4 Å². The van der Waals surface area contributed by atoms with Gasteiger partial charge in [0.15, 0.2) is 5.58 Å². The molecule has 1 heterocycles. The maximum absolute atomic E-state index is 12.5. The van der Waals surface area contributed by atoms with E-state index in [-0.39, 0.29) is 5.91 Å². The lowest BCUT2D eigenvalue weighted by molar-refractivity contribution is 0.102. The van der Waals surface area contributed by atoms with Crippen molar-refractivity contribution in [1.29, 1.82) is 0 Å². The van der Waals surface area contributed by atoms with Crippen molar-refractivity contribution in [3.8, 4) is 11.5 Å². The zero-order chi connectivity index (χ0) is 20.4.